The van der Waals surface area contributed by atoms with Crippen molar-refractivity contribution in [2.75, 3.05) is 20.2 Å². The second-order valence-electron chi connectivity index (χ2n) is 5.66. The van der Waals surface area contributed by atoms with Crippen molar-refractivity contribution in [1.29, 1.82) is 0 Å². The molecule has 26 heavy (non-hydrogen) atoms. The second kappa shape index (κ2) is 8.57. The second-order valence-corrected chi connectivity index (χ2v) is 8.63. The molecule has 0 amide bonds. The van der Waals surface area contributed by atoms with Gasteiger partial charge >= 0.3 is 5.97 Å². The lowest BCUT2D eigenvalue weighted by atomic mass is 10.1. The van der Waals surface area contributed by atoms with E-state index in [-0.39, 0.29) is 10.7 Å². The summed E-state index contributed by atoms with van der Waals surface area (Å²) >= 11 is 3.27. The third-order valence-corrected chi connectivity index (χ3v) is 5.96. The SMILES string of the molecule is Cc1ccc(S(=O)(=O)N(C)CC(=O)OCC(=O)c2ccc(Br)cc2)cc1. The highest BCUT2D eigenvalue weighted by atomic mass is 79.9. The minimum atomic E-state index is -3.80. The average molecular weight is 440 g/mol. The van der Waals surface area contributed by atoms with Crippen LogP contribution in [0.25, 0.3) is 0 Å². The van der Waals surface area contributed by atoms with Gasteiger partial charge in [-0.05, 0) is 31.2 Å². The number of ether oxygens (including phenoxy) is 1. The third kappa shape index (κ3) is 5.23. The number of Topliss-reactive ketones (excluding diaryl/α,β-unsaturated/α-hetero) is 1. The molecule has 0 bridgehead atoms. The Labute approximate surface area is 161 Å². The minimum Gasteiger partial charge on any atom is -0.456 e. The van der Waals surface area contributed by atoms with Crippen molar-refractivity contribution in [2.45, 2.75) is 11.8 Å². The average Bonchev–Trinajstić information content (AvgIpc) is 2.60. The largest absolute Gasteiger partial charge is 0.456 e. The maximum Gasteiger partial charge on any atom is 0.321 e. The third-order valence-electron chi connectivity index (χ3n) is 3.61. The lowest BCUT2D eigenvalue weighted by Gasteiger charge is -2.16. The Hall–Kier alpha value is -2.03. The zero-order chi connectivity index (χ0) is 19.3. The molecule has 0 aromatic heterocycles. The van der Waals surface area contributed by atoms with E-state index in [0.29, 0.717) is 5.56 Å². The van der Waals surface area contributed by atoms with E-state index in [4.69, 9.17) is 4.74 Å². The van der Waals surface area contributed by atoms with Gasteiger partial charge < -0.3 is 4.74 Å². The standard InChI is InChI=1S/C18H18BrNO5S/c1-13-3-9-16(10-4-13)26(23,24)20(2)11-18(22)25-12-17(21)14-5-7-15(19)8-6-14/h3-10H,11-12H2,1-2H3. The van der Waals surface area contributed by atoms with Crippen LogP contribution in [0, 0.1) is 6.92 Å². The summed E-state index contributed by atoms with van der Waals surface area (Å²) in [6, 6.07) is 12.9. The van der Waals surface area contributed by atoms with Gasteiger partial charge in [0.25, 0.3) is 0 Å². The minimum absolute atomic E-state index is 0.0874. The Morgan fingerprint density at radius 3 is 2.19 bits per heavy atom. The van der Waals surface area contributed by atoms with Crippen LogP contribution in [0.1, 0.15) is 15.9 Å². The molecule has 2 aromatic carbocycles. The summed E-state index contributed by atoms with van der Waals surface area (Å²) in [7, 11) is -2.52. The number of rotatable bonds is 7. The van der Waals surface area contributed by atoms with Crippen molar-refractivity contribution in [2.24, 2.45) is 0 Å². The summed E-state index contributed by atoms with van der Waals surface area (Å²) in [4.78, 5) is 23.9. The van der Waals surface area contributed by atoms with Crippen LogP contribution in [0.2, 0.25) is 0 Å². The number of hydrogen-bond acceptors (Lipinski definition) is 5. The Morgan fingerprint density at radius 2 is 1.62 bits per heavy atom. The van der Waals surface area contributed by atoms with Gasteiger partial charge in [-0.3, -0.25) is 9.59 Å². The highest BCUT2D eigenvalue weighted by Gasteiger charge is 2.23. The molecule has 0 fully saturated rings. The van der Waals surface area contributed by atoms with Gasteiger partial charge in [0.2, 0.25) is 10.0 Å². The molecule has 2 rings (SSSR count). The van der Waals surface area contributed by atoms with Crippen LogP contribution in [0.15, 0.2) is 57.9 Å². The first-order valence-corrected chi connectivity index (χ1v) is 9.91. The first kappa shape index (κ1) is 20.3. The van der Waals surface area contributed by atoms with Crippen LogP contribution in [0.5, 0.6) is 0 Å². The van der Waals surface area contributed by atoms with Crippen molar-refractivity contribution < 1.29 is 22.7 Å². The van der Waals surface area contributed by atoms with Crippen LogP contribution >= 0.6 is 15.9 Å². The van der Waals surface area contributed by atoms with Gasteiger partial charge in [-0.15, -0.1) is 0 Å². The van der Waals surface area contributed by atoms with Crippen molar-refractivity contribution in [1.82, 2.24) is 4.31 Å². The van der Waals surface area contributed by atoms with E-state index in [1.807, 2.05) is 6.92 Å². The summed E-state index contributed by atoms with van der Waals surface area (Å²) in [5.41, 5.74) is 1.33. The number of carbonyl (C=O) groups is 2. The summed E-state index contributed by atoms with van der Waals surface area (Å²) in [6.07, 6.45) is 0. The topological polar surface area (TPSA) is 80.8 Å². The van der Waals surface area contributed by atoms with Gasteiger partial charge in [0, 0.05) is 17.1 Å². The molecule has 0 aliphatic heterocycles. The molecule has 0 spiro atoms. The fraction of sp³-hybridized carbons (Fsp3) is 0.222. The number of hydrogen-bond donors (Lipinski definition) is 0. The number of esters is 1. The van der Waals surface area contributed by atoms with Crippen LogP contribution in [0.3, 0.4) is 0 Å². The van der Waals surface area contributed by atoms with Crippen molar-refractivity contribution in [3.63, 3.8) is 0 Å². The van der Waals surface area contributed by atoms with E-state index >= 15 is 0 Å². The summed E-state index contributed by atoms with van der Waals surface area (Å²) in [6.45, 7) is 0.919. The number of benzene rings is 2. The van der Waals surface area contributed by atoms with E-state index in [0.717, 1.165) is 14.3 Å². The van der Waals surface area contributed by atoms with Crippen LogP contribution in [-0.4, -0.2) is 44.7 Å². The monoisotopic (exact) mass is 439 g/mol. The van der Waals surface area contributed by atoms with E-state index < -0.39 is 29.1 Å². The maximum atomic E-state index is 12.4. The zero-order valence-electron chi connectivity index (χ0n) is 14.3. The van der Waals surface area contributed by atoms with Crippen molar-refractivity contribution in [3.8, 4) is 0 Å². The molecule has 138 valence electrons. The van der Waals surface area contributed by atoms with Gasteiger partial charge in [-0.25, -0.2) is 8.42 Å². The quantitative estimate of drug-likeness (QED) is 0.489. The molecule has 0 aliphatic carbocycles. The highest BCUT2D eigenvalue weighted by Crippen LogP contribution is 2.15. The van der Waals surface area contributed by atoms with Crippen LogP contribution in [-0.2, 0) is 19.6 Å². The molecule has 0 unspecified atom stereocenters. The van der Waals surface area contributed by atoms with E-state index in [1.165, 1.54) is 19.2 Å². The molecule has 0 saturated carbocycles. The molecule has 0 aliphatic rings. The number of sulfonamides is 1. The van der Waals surface area contributed by atoms with Gasteiger partial charge in [0.1, 0.15) is 6.54 Å². The van der Waals surface area contributed by atoms with Gasteiger partial charge in [0.05, 0.1) is 4.90 Å². The number of aryl methyl sites for hydroxylation is 1. The lowest BCUT2D eigenvalue weighted by Crippen LogP contribution is -2.33. The Kier molecular flexibility index (Phi) is 6.69. The summed E-state index contributed by atoms with van der Waals surface area (Å²) in [5.74, 6) is -1.16. The number of likely N-dealkylation sites (N-methyl/N-ethyl adjacent to an activating group) is 1. The Balaban J connectivity index is 1.93. The predicted octanol–water partition coefficient (Wildman–Crippen LogP) is 2.80. The first-order valence-electron chi connectivity index (χ1n) is 7.67. The maximum absolute atomic E-state index is 12.4. The fourth-order valence-corrected chi connectivity index (χ4v) is 3.45. The van der Waals surface area contributed by atoms with E-state index in [9.17, 15) is 18.0 Å². The molecule has 0 heterocycles. The molecule has 6 nitrogen and oxygen atoms in total. The molecule has 2 aromatic rings. The van der Waals surface area contributed by atoms with Crippen LogP contribution in [0.4, 0.5) is 0 Å². The fourth-order valence-electron chi connectivity index (χ4n) is 2.07. The number of carbonyl (C=O) groups excluding carboxylic acids is 2. The van der Waals surface area contributed by atoms with E-state index in [1.54, 1.807) is 36.4 Å². The molecule has 0 atom stereocenters. The smallest absolute Gasteiger partial charge is 0.321 e. The number of nitrogens with zero attached hydrogens (tertiary/aromatic N) is 1. The molecule has 0 radical (unpaired) electrons. The molecule has 0 N–H and O–H groups in total. The van der Waals surface area contributed by atoms with Crippen molar-refractivity contribution >= 4 is 37.7 Å². The number of ketones is 1. The predicted molar refractivity (Wildman–Crippen MR) is 100 cm³/mol. The highest BCUT2D eigenvalue weighted by molar-refractivity contribution is 9.10. The zero-order valence-corrected chi connectivity index (χ0v) is 16.7. The van der Waals surface area contributed by atoms with Crippen LogP contribution < -0.4 is 0 Å². The normalized spacial score (nSPS) is 11.4. The molecule has 8 heteroatoms. The molecular weight excluding hydrogens is 422 g/mol. The Morgan fingerprint density at radius 1 is 1.04 bits per heavy atom. The van der Waals surface area contributed by atoms with Crippen molar-refractivity contribution in [3.05, 3.63) is 64.1 Å². The first-order chi connectivity index (χ1) is 12.2. The van der Waals surface area contributed by atoms with Gasteiger partial charge in [0.15, 0.2) is 12.4 Å². The Bertz CT molecular complexity index is 892. The number of halogens is 1. The summed E-state index contributed by atoms with van der Waals surface area (Å²) < 4.78 is 31.5. The van der Waals surface area contributed by atoms with E-state index in [2.05, 4.69) is 15.9 Å². The van der Waals surface area contributed by atoms with Gasteiger partial charge in [-0.1, -0.05) is 45.8 Å². The van der Waals surface area contributed by atoms with Gasteiger partial charge in [-0.2, -0.15) is 4.31 Å². The molecular formula is C18H18BrNO5S. The lowest BCUT2D eigenvalue weighted by molar-refractivity contribution is -0.142. The summed E-state index contributed by atoms with van der Waals surface area (Å²) in [5, 5.41) is 0. The molecule has 0 saturated heterocycles.